The maximum Gasteiger partial charge on any atom is 0.261 e. The van der Waals surface area contributed by atoms with Gasteiger partial charge in [0.2, 0.25) is 10.0 Å². The van der Waals surface area contributed by atoms with Crippen LogP contribution in [0.4, 0.5) is 13.2 Å². The fourth-order valence-electron chi connectivity index (χ4n) is 2.37. The van der Waals surface area contributed by atoms with Gasteiger partial charge in [-0.1, -0.05) is 12.9 Å². The van der Waals surface area contributed by atoms with Crippen LogP contribution in [-0.2, 0) is 32.5 Å². The van der Waals surface area contributed by atoms with E-state index in [2.05, 4.69) is 0 Å². The summed E-state index contributed by atoms with van der Waals surface area (Å²) in [7, 11) is -4.31. The van der Waals surface area contributed by atoms with Crippen LogP contribution in [0.1, 0.15) is 27.6 Å². The summed E-state index contributed by atoms with van der Waals surface area (Å²) < 4.78 is 124. The van der Waals surface area contributed by atoms with Crippen LogP contribution in [0.3, 0.4) is 0 Å². The number of carbonyl (C=O) groups is 2. The van der Waals surface area contributed by atoms with E-state index < -0.39 is 93.9 Å². The molecule has 0 unspecified atom stereocenters. The van der Waals surface area contributed by atoms with Gasteiger partial charge in [-0.3, -0.25) is 15.0 Å². The second kappa shape index (κ2) is 10.4. The number of hydrazine groups is 1. The van der Waals surface area contributed by atoms with Crippen LogP contribution < -0.4 is 21.1 Å². The van der Waals surface area contributed by atoms with Crippen molar-refractivity contribution in [2.24, 2.45) is 11.0 Å². The fourth-order valence-corrected chi connectivity index (χ4v) is 2.90. The number of rotatable bonds is 9. The minimum absolute atomic E-state index is 0.120. The molecule has 0 aromatic heterocycles. The van der Waals surface area contributed by atoms with Crippen molar-refractivity contribution in [1.82, 2.24) is 10.3 Å². The van der Waals surface area contributed by atoms with Crippen LogP contribution in [0.2, 0.25) is 0 Å². The van der Waals surface area contributed by atoms with Crippen LogP contribution in [0.15, 0.2) is 35.2 Å². The van der Waals surface area contributed by atoms with Crippen LogP contribution >= 0.6 is 0 Å². The molecule has 0 aliphatic carbocycles. The first kappa shape index (κ1) is 16.5. The minimum atomic E-state index is -4.31. The average Bonchev–Trinajstić information content (AvgIpc) is 2.76. The summed E-state index contributed by atoms with van der Waals surface area (Å²) in [5.74, 6) is -3.63. The summed E-state index contributed by atoms with van der Waals surface area (Å²) in [5, 5.41) is 4.92. The molecule has 2 aromatic carbocycles. The quantitative estimate of drug-likeness (QED) is 0.273. The third kappa shape index (κ3) is 6.42. The van der Waals surface area contributed by atoms with E-state index >= 15 is 0 Å². The Kier molecular flexibility index (Phi) is 5.37. The molecular weight excluding hydrogens is 453 g/mol. The molecule has 2 amide bonds. The molecule has 0 saturated heterocycles. The van der Waals surface area contributed by atoms with E-state index in [4.69, 9.17) is 25.3 Å². The standard InChI is InChI=1S/C19H21F3N4O5S/c1-2-14-16(22)5-12(20)6-17(14)31-10-19(28)26(9-18(27)25-23)8-11-3-4-13(7-15(11)21)32(24,29)30/h3-7H,2,8-10,23H2,1H3,(H,25,27)(H2,24,29,30)/i1D3,2D2,10D2. The zero-order valence-electron chi connectivity index (χ0n) is 23.0. The Hall–Kier alpha value is -3.16. The molecule has 0 fully saturated rings. The van der Waals surface area contributed by atoms with E-state index in [0.717, 1.165) is 12.1 Å². The van der Waals surface area contributed by atoms with Crippen molar-refractivity contribution >= 4 is 21.8 Å². The normalized spacial score (nSPS) is 15.7. The molecule has 2 rings (SSSR count). The summed E-state index contributed by atoms with van der Waals surface area (Å²) >= 11 is 0. The second-order valence-electron chi connectivity index (χ2n) is 6.12. The lowest BCUT2D eigenvalue weighted by molar-refractivity contribution is -0.138. The fraction of sp³-hybridized carbons (Fsp3) is 0.263. The number of nitrogens with zero attached hydrogens (tertiary/aromatic N) is 1. The number of ether oxygens (including phenoxy) is 1. The van der Waals surface area contributed by atoms with Gasteiger partial charge < -0.3 is 9.64 Å². The topological polar surface area (TPSA) is 145 Å². The molecule has 174 valence electrons. The molecule has 2 aromatic rings. The Balaban J connectivity index is 2.54. The number of carbonyl (C=O) groups excluding carboxylic acids is 2. The van der Waals surface area contributed by atoms with Crippen LogP contribution in [-0.4, -0.2) is 38.2 Å². The zero-order chi connectivity index (χ0) is 30.1. The third-order valence-corrected chi connectivity index (χ3v) is 4.80. The van der Waals surface area contributed by atoms with Crippen molar-refractivity contribution in [2.75, 3.05) is 13.1 Å². The highest BCUT2D eigenvalue weighted by molar-refractivity contribution is 7.89. The number of hydrogen-bond acceptors (Lipinski definition) is 6. The summed E-state index contributed by atoms with van der Waals surface area (Å²) in [4.78, 5) is 24.6. The molecule has 13 heteroatoms. The number of primary sulfonamides is 1. The van der Waals surface area contributed by atoms with Gasteiger partial charge in [-0.05, 0) is 18.5 Å². The van der Waals surface area contributed by atoms with Crippen molar-refractivity contribution in [3.63, 3.8) is 0 Å². The Morgan fingerprint density at radius 2 is 1.94 bits per heavy atom. The smallest absolute Gasteiger partial charge is 0.261 e. The number of benzene rings is 2. The average molecular weight is 482 g/mol. The Morgan fingerprint density at radius 1 is 1.22 bits per heavy atom. The number of sulfonamides is 1. The molecule has 32 heavy (non-hydrogen) atoms. The van der Waals surface area contributed by atoms with E-state index in [-0.39, 0.29) is 12.1 Å². The summed E-state index contributed by atoms with van der Waals surface area (Å²) in [5.41, 5.74) is -0.213. The highest BCUT2D eigenvalue weighted by Crippen LogP contribution is 2.24. The van der Waals surface area contributed by atoms with Gasteiger partial charge in [-0.15, -0.1) is 0 Å². The Labute approximate surface area is 192 Å². The summed E-state index contributed by atoms with van der Waals surface area (Å²) in [6, 6.07) is 2.60. The molecule has 0 spiro atoms. The number of nitrogens with one attached hydrogen (secondary N) is 1. The van der Waals surface area contributed by atoms with Gasteiger partial charge in [0.25, 0.3) is 11.8 Å². The van der Waals surface area contributed by atoms with Crippen molar-refractivity contribution < 1.29 is 45.5 Å². The number of hydrogen-bond donors (Lipinski definition) is 3. The van der Waals surface area contributed by atoms with Gasteiger partial charge >= 0.3 is 0 Å². The zero-order valence-corrected chi connectivity index (χ0v) is 16.8. The van der Waals surface area contributed by atoms with Gasteiger partial charge in [0.15, 0.2) is 6.56 Å². The van der Waals surface area contributed by atoms with Crippen LogP contribution in [0.25, 0.3) is 0 Å². The van der Waals surface area contributed by atoms with Gasteiger partial charge in [0.1, 0.15) is 29.7 Å². The van der Waals surface area contributed by atoms with E-state index in [9.17, 15) is 31.2 Å². The van der Waals surface area contributed by atoms with Gasteiger partial charge in [-0.2, -0.15) is 0 Å². The van der Waals surface area contributed by atoms with Crippen LogP contribution in [0, 0.1) is 17.5 Å². The second-order valence-corrected chi connectivity index (χ2v) is 7.68. The van der Waals surface area contributed by atoms with Gasteiger partial charge in [0.05, 0.1) is 7.64 Å². The predicted molar refractivity (Wildman–Crippen MR) is 107 cm³/mol. The monoisotopic (exact) mass is 481 g/mol. The van der Waals surface area contributed by atoms with Crippen molar-refractivity contribution in [3.8, 4) is 5.75 Å². The summed E-state index contributed by atoms with van der Waals surface area (Å²) in [6.07, 6.45) is -3.55. The molecule has 0 saturated carbocycles. The van der Waals surface area contributed by atoms with Crippen molar-refractivity contribution in [3.05, 3.63) is 58.9 Å². The molecule has 0 heterocycles. The first-order valence-corrected chi connectivity index (χ1v) is 9.95. The highest BCUT2D eigenvalue weighted by Gasteiger charge is 2.21. The van der Waals surface area contributed by atoms with Crippen molar-refractivity contribution in [2.45, 2.75) is 24.7 Å². The largest absolute Gasteiger partial charge is 0.483 e. The highest BCUT2D eigenvalue weighted by atomic mass is 32.2. The SMILES string of the molecule is [2H]C([2H])(Oc1cc(F)cc(F)c1C([2H])([2H])C([2H])([2H])[2H])C(=O)N(CC(=O)NN)Cc1ccc(S(N)(=O)=O)cc1F. The molecule has 0 radical (unpaired) electrons. The lowest BCUT2D eigenvalue weighted by Crippen LogP contribution is -2.44. The molecule has 9 nitrogen and oxygen atoms in total. The molecule has 0 aliphatic heterocycles. The lowest BCUT2D eigenvalue weighted by atomic mass is 10.1. The van der Waals surface area contributed by atoms with Gasteiger partial charge in [0, 0.05) is 36.7 Å². The summed E-state index contributed by atoms with van der Waals surface area (Å²) in [6.45, 7) is -9.14. The van der Waals surface area contributed by atoms with E-state index in [1.54, 1.807) is 5.43 Å². The van der Waals surface area contributed by atoms with E-state index in [1.807, 2.05) is 0 Å². The van der Waals surface area contributed by atoms with Gasteiger partial charge in [-0.25, -0.2) is 32.6 Å². The van der Waals surface area contributed by atoms with Crippen LogP contribution in [0.5, 0.6) is 5.75 Å². The minimum Gasteiger partial charge on any atom is -0.483 e. The number of nitrogens with two attached hydrogens (primary N) is 2. The van der Waals surface area contributed by atoms with E-state index in [0.29, 0.717) is 11.0 Å². The molecule has 5 N–H and O–H groups in total. The molecular formula is C19H21F3N4O5S. The predicted octanol–water partition coefficient (Wildman–Crippen LogP) is 0.711. The molecule has 0 atom stereocenters. The number of halogens is 3. The maximum atomic E-state index is 14.6. The van der Waals surface area contributed by atoms with E-state index in [1.165, 1.54) is 0 Å². The molecule has 0 aliphatic rings. The molecule has 0 bridgehead atoms. The van der Waals surface area contributed by atoms with Crippen molar-refractivity contribution in [1.29, 1.82) is 0 Å². The maximum absolute atomic E-state index is 14.6. The Bertz CT molecular complexity index is 1390. The first-order chi connectivity index (χ1) is 17.6. The lowest BCUT2D eigenvalue weighted by Gasteiger charge is -2.23. The third-order valence-electron chi connectivity index (χ3n) is 3.89. The Morgan fingerprint density at radius 3 is 2.53 bits per heavy atom. The number of amides is 2. The first-order valence-electron chi connectivity index (χ1n) is 11.9.